The molecular weight excluding hydrogens is 344 g/mol. The molecule has 136 valence electrons. The van der Waals surface area contributed by atoms with E-state index < -0.39 is 0 Å². The summed E-state index contributed by atoms with van der Waals surface area (Å²) in [4.78, 5) is 23.8. The van der Waals surface area contributed by atoms with Crippen LogP contribution in [0.25, 0.3) is 11.8 Å². The van der Waals surface area contributed by atoms with Crippen LogP contribution in [0.1, 0.15) is 21.5 Å². The summed E-state index contributed by atoms with van der Waals surface area (Å²) in [6.45, 7) is 1.90. The van der Waals surface area contributed by atoms with Crippen LogP contribution in [0.3, 0.4) is 0 Å². The van der Waals surface area contributed by atoms with Gasteiger partial charge in [0.1, 0.15) is 6.33 Å². The van der Waals surface area contributed by atoms with E-state index in [-0.39, 0.29) is 11.8 Å². The maximum absolute atomic E-state index is 12.2. The molecule has 3 rings (SSSR count). The van der Waals surface area contributed by atoms with Crippen molar-refractivity contribution in [2.24, 2.45) is 0 Å². The maximum Gasteiger partial charge on any atom is 0.251 e. The van der Waals surface area contributed by atoms with Gasteiger partial charge in [-0.3, -0.25) is 9.59 Å². The van der Waals surface area contributed by atoms with Crippen molar-refractivity contribution in [3.05, 3.63) is 71.6 Å². The van der Waals surface area contributed by atoms with E-state index >= 15 is 0 Å². The molecule has 0 saturated heterocycles. The Morgan fingerprint density at radius 1 is 1.11 bits per heavy atom. The van der Waals surface area contributed by atoms with E-state index in [0.717, 1.165) is 16.8 Å². The number of aryl methyl sites for hydroxylation is 1. The lowest BCUT2D eigenvalue weighted by atomic mass is 10.1. The van der Waals surface area contributed by atoms with Crippen LogP contribution >= 0.6 is 0 Å². The van der Waals surface area contributed by atoms with Gasteiger partial charge in [-0.15, -0.1) is 5.10 Å². The van der Waals surface area contributed by atoms with Crippen molar-refractivity contribution in [1.82, 2.24) is 25.5 Å². The van der Waals surface area contributed by atoms with Crippen molar-refractivity contribution >= 4 is 23.6 Å². The smallest absolute Gasteiger partial charge is 0.251 e. The average Bonchev–Trinajstić information content (AvgIpc) is 3.22. The van der Waals surface area contributed by atoms with Gasteiger partial charge in [-0.1, -0.05) is 18.2 Å². The second-order valence-electron chi connectivity index (χ2n) is 5.78. The molecule has 0 saturated carbocycles. The lowest BCUT2D eigenvalue weighted by Crippen LogP contribution is -2.17. The van der Waals surface area contributed by atoms with Gasteiger partial charge in [-0.2, -0.15) is 0 Å². The minimum absolute atomic E-state index is 0.152. The average molecular weight is 362 g/mol. The topological polar surface area (TPSA) is 102 Å². The van der Waals surface area contributed by atoms with Crippen molar-refractivity contribution in [2.45, 2.75) is 6.92 Å². The van der Waals surface area contributed by atoms with Crippen LogP contribution in [0.15, 0.2) is 54.9 Å². The third kappa shape index (κ3) is 4.43. The summed E-state index contributed by atoms with van der Waals surface area (Å²) < 4.78 is 1.51. The van der Waals surface area contributed by atoms with Gasteiger partial charge < -0.3 is 10.6 Å². The molecular formula is C19H18N6O2. The first-order chi connectivity index (χ1) is 13.1. The maximum atomic E-state index is 12.2. The number of benzene rings is 2. The Kier molecular flexibility index (Phi) is 5.36. The first kappa shape index (κ1) is 18.0. The Balaban J connectivity index is 1.69. The van der Waals surface area contributed by atoms with E-state index in [1.807, 2.05) is 19.1 Å². The van der Waals surface area contributed by atoms with Crippen molar-refractivity contribution < 1.29 is 9.59 Å². The highest BCUT2D eigenvalue weighted by Gasteiger charge is 2.06. The van der Waals surface area contributed by atoms with E-state index in [1.54, 1.807) is 43.5 Å². The number of nitrogens with zero attached hydrogens (tertiary/aromatic N) is 4. The monoisotopic (exact) mass is 362 g/mol. The number of hydrogen-bond acceptors (Lipinski definition) is 5. The molecule has 0 aliphatic rings. The second-order valence-corrected chi connectivity index (χ2v) is 5.78. The van der Waals surface area contributed by atoms with Gasteiger partial charge in [-0.25, -0.2) is 4.68 Å². The van der Waals surface area contributed by atoms with Gasteiger partial charge in [0.2, 0.25) is 5.91 Å². The summed E-state index contributed by atoms with van der Waals surface area (Å²) in [5.41, 5.74) is 3.72. The van der Waals surface area contributed by atoms with Gasteiger partial charge in [0.25, 0.3) is 5.91 Å². The molecule has 1 aromatic heterocycles. The van der Waals surface area contributed by atoms with Gasteiger partial charge in [0.05, 0.1) is 5.69 Å². The lowest BCUT2D eigenvalue weighted by Gasteiger charge is -2.08. The summed E-state index contributed by atoms with van der Waals surface area (Å²) in [6.07, 6.45) is 4.61. The molecule has 0 aliphatic carbocycles. The van der Waals surface area contributed by atoms with Crippen molar-refractivity contribution in [3.63, 3.8) is 0 Å². The largest absolute Gasteiger partial charge is 0.355 e. The van der Waals surface area contributed by atoms with Crippen LogP contribution in [0.5, 0.6) is 0 Å². The minimum Gasteiger partial charge on any atom is -0.355 e. The standard InChI is InChI=1S/C19H18N6O2/c1-13-3-9-16(25-12-21-23-24-25)11-17(13)22-18(26)10-6-14-4-7-15(8-5-14)19(27)20-2/h3-12H,1-2H3,(H,20,27)(H,22,26)/b10-6+. The molecule has 0 radical (unpaired) electrons. The first-order valence-corrected chi connectivity index (χ1v) is 8.22. The van der Waals surface area contributed by atoms with Gasteiger partial charge in [0, 0.05) is 24.4 Å². The van der Waals surface area contributed by atoms with Crippen LogP contribution < -0.4 is 10.6 Å². The Morgan fingerprint density at radius 2 is 1.89 bits per heavy atom. The predicted molar refractivity (Wildman–Crippen MR) is 101 cm³/mol. The summed E-state index contributed by atoms with van der Waals surface area (Å²) in [5.74, 6) is -0.413. The molecule has 0 aliphatic heterocycles. The van der Waals surface area contributed by atoms with Crippen LogP contribution in [-0.4, -0.2) is 39.1 Å². The molecule has 0 bridgehead atoms. The van der Waals surface area contributed by atoms with E-state index in [1.165, 1.54) is 17.1 Å². The summed E-state index contributed by atoms with van der Waals surface area (Å²) in [5, 5.41) is 16.5. The van der Waals surface area contributed by atoms with E-state index in [4.69, 9.17) is 0 Å². The predicted octanol–water partition coefficient (Wildman–Crippen LogP) is 1.98. The van der Waals surface area contributed by atoms with Crippen molar-refractivity contribution in [2.75, 3.05) is 12.4 Å². The zero-order valence-corrected chi connectivity index (χ0v) is 14.9. The summed E-state index contributed by atoms with van der Waals surface area (Å²) >= 11 is 0. The number of carbonyl (C=O) groups excluding carboxylic acids is 2. The quantitative estimate of drug-likeness (QED) is 0.676. The zero-order chi connectivity index (χ0) is 19.2. The fraction of sp³-hybridized carbons (Fsp3) is 0.105. The molecule has 0 unspecified atom stereocenters. The van der Waals surface area contributed by atoms with Crippen LogP contribution in [0.2, 0.25) is 0 Å². The van der Waals surface area contributed by atoms with Gasteiger partial charge in [-0.05, 0) is 58.8 Å². The number of anilines is 1. The van der Waals surface area contributed by atoms with Crippen molar-refractivity contribution in [3.8, 4) is 5.69 Å². The number of nitrogens with one attached hydrogen (secondary N) is 2. The highest BCUT2D eigenvalue weighted by atomic mass is 16.2. The van der Waals surface area contributed by atoms with Crippen LogP contribution in [0.4, 0.5) is 5.69 Å². The molecule has 0 fully saturated rings. The molecule has 27 heavy (non-hydrogen) atoms. The normalized spacial score (nSPS) is 10.7. The number of tetrazole rings is 1. The molecule has 0 spiro atoms. The highest BCUT2D eigenvalue weighted by Crippen LogP contribution is 2.19. The van der Waals surface area contributed by atoms with E-state index in [0.29, 0.717) is 11.3 Å². The third-order valence-corrected chi connectivity index (χ3v) is 3.92. The minimum atomic E-state index is -0.262. The van der Waals surface area contributed by atoms with Gasteiger partial charge in [0.15, 0.2) is 0 Å². The molecule has 3 aromatic rings. The number of amides is 2. The SMILES string of the molecule is CNC(=O)c1ccc(/C=C/C(=O)Nc2cc(-n3cnnn3)ccc2C)cc1. The molecule has 1 heterocycles. The zero-order valence-electron chi connectivity index (χ0n) is 14.9. The highest BCUT2D eigenvalue weighted by molar-refractivity contribution is 6.02. The number of aromatic nitrogens is 4. The van der Waals surface area contributed by atoms with Crippen LogP contribution in [0, 0.1) is 6.92 Å². The summed E-state index contributed by atoms with van der Waals surface area (Å²) in [7, 11) is 1.58. The fourth-order valence-corrected chi connectivity index (χ4v) is 2.40. The second kappa shape index (κ2) is 8.05. The van der Waals surface area contributed by atoms with E-state index in [2.05, 4.69) is 26.2 Å². The molecule has 2 N–H and O–H groups in total. The Bertz CT molecular complexity index is 978. The molecule has 2 amide bonds. The summed E-state index contributed by atoms with van der Waals surface area (Å²) in [6, 6.07) is 12.5. The van der Waals surface area contributed by atoms with Crippen molar-refractivity contribution in [1.29, 1.82) is 0 Å². The molecule has 8 heteroatoms. The number of carbonyl (C=O) groups is 2. The first-order valence-electron chi connectivity index (χ1n) is 8.22. The Labute approximate surface area is 155 Å². The fourth-order valence-electron chi connectivity index (χ4n) is 2.40. The van der Waals surface area contributed by atoms with E-state index in [9.17, 15) is 9.59 Å². The Morgan fingerprint density at radius 3 is 2.56 bits per heavy atom. The molecule has 8 nitrogen and oxygen atoms in total. The molecule has 2 aromatic carbocycles. The van der Waals surface area contributed by atoms with Crippen LogP contribution in [-0.2, 0) is 4.79 Å². The lowest BCUT2D eigenvalue weighted by molar-refractivity contribution is -0.111. The van der Waals surface area contributed by atoms with Gasteiger partial charge >= 0.3 is 0 Å². The third-order valence-electron chi connectivity index (χ3n) is 3.92. The number of rotatable bonds is 5. The Hall–Kier alpha value is -3.81. The molecule has 0 atom stereocenters. The number of hydrogen-bond donors (Lipinski definition) is 2.